The average molecular weight is 441 g/mol. The van der Waals surface area contributed by atoms with Crippen molar-refractivity contribution in [2.24, 2.45) is 0 Å². The van der Waals surface area contributed by atoms with Crippen LogP contribution < -0.4 is 4.74 Å². The smallest absolute Gasteiger partial charge is 0.217 e. The number of phenolic OH excluding ortho intramolecular Hbond substituents is 2. The van der Waals surface area contributed by atoms with Gasteiger partial charge in [-0.2, -0.15) is 0 Å². The van der Waals surface area contributed by atoms with E-state index in [1.165, 1.54) is 81.9 Å². The highest BCUT2D eigenvalue weighted by Crippen LogP contribution is 2.25. The second kappa shape index (κ2) is 15.4. The van der Waals surface area contributed by atoms with E-state index in [0.717, 1.165) is 12.0 Å². The van der Waals surface area contributed by atoms with Gasteiger partial charge in [-0.05, 0) is 60.7 Å². The van der Waals surface area contributed by atoms with Crippen LogP contribution in [-0.2, 0) is 12.8 Å². The third-order valence-corrected chi connectivity index (χ3v) is 5.69. The molecule has 32 heavy (non-hydrogen) atoms. The van der Waals surface area contributed by atoms with Gasteiger partial charge in [-0.15, -0.1) is 0 Å². The summed E-state index contributed by atoms with van der Waals surface area (Å²) >= 11 is 0. The molecule has 4 heteroatoms. The van der Waals surface area contributed by atoms with Crippen LogP contribution >= 0.6 is 0 Å². The number of phenols is 2. The lowest BCUT2D eigenvalue weighted by molar-refractivity contribution is 0.0246. The molecule has 176 valence electrons. The molecule has 1 unspecified atom stereocenters. The van der Waals surface area contributed by atoms with Crippen molar-refractivity contribution in [3.63, 3.8) is 0 Å². The summed E-state index contributed by atoms with van der Waals surface area (Å²) in [6, 6.07) is 12.6. The third-order valence-electron chi connectivity index (χ3n) is 5.69. The predicted octanol–water partition coefficient (Wildman–Crippen LogP) is 7.06. The summed E-state index contributed by atoms with van der Waals surface area (Å²) in [7, 11) is 0. The van der Waals surface area contributed by atoms with Crippen LogP contribution in [-0.4, -0.2) is 21.6 Å². The number of aromatic hydroxyl groups is 2. The first-order valence-electron chi connectivity index (χ1n) is 12.2. The lowest BCUT2D eigenvalue weighted by Crippen LogP contribution is -2.11. The van der Waals surface area contributed by atoms with Gasteiger partial charge in [0.1, 0.15) is 5.75 Å². The summed E-state index contributed by atoms with van der Waals surface area (Å²) in [5.74, 6) is 0.347. The Kier molecular flexibility index (Phi) is 12.4. The van der Waals surface area contributed by atoms with Gasteiger partial charge in [0.15, 0.2) is 11.5 Å². The SMILES string of the molecule is CCCCCCCCCCCCc1ccc(OC(O)C=CCc2ccc(O)c(O)c2)cc1. The maximum absolute atomic E-state index is 10.1. The van der Waals surface area contributed by atoms with Crippen LogP contribution in [0.4, 0.5) is 0 Å². The molecule has 0 fully saturated rings. The molecule has 0 aliphatic carbocycles. The monoisotopic (exact) mass is 440 g/mol. The number of hydrogen-bond acceptors (Lipinski definition) is 4. The first-order valence-corrected chi connectivity index (χ1v) is 12.2. The maximum atomic E-state index is 10.1. The van der Waals surface area contributed by atoms with E-state index >= 15 is 0 Å². The molecule has 0 aliphatic rings. The molecule has 0 amide bonds. The Morgan fingerprint density at radius 1 is 0.750 bits per heavy atom. The summed E-state index contributed by atoms with van der Waals surface area (Å²) in [4.78, 5) is 0. The zero-order valence-corrected chi connectivity index (χ0v) is 19.5. The first kappa shape index (κ1) is 25.8. The maximum Gasteiger partial charge on any atom is 0.217 e. The minimum absolute atomic E-state index is 0.141. The molecule has 0 aromatic heterocycles. The number of aliphatic hydroxyl groups is 1. The highest BCUT2D eigenvalue weighted by atomic mass is 16.6. The highest BCUT2D eigenvalue weighted by molar-refractivity contribution is 5.41. The van der Waals surface area contributed by atoms with Crippen molar-refractivity contribution in [3.8, 4) is 17.2 Å². The number of aryl methyl sites for hydroxylation is 1. The van der Waals surface area contributed by atoms with Gasteiger partial charge in [-0.1, -0.05) is 89.0 Å². The first-order chi connectivity index (χ1) is 15.6. The van der Waals surface area contributed by atoms with Crippen LogP contribution in [0.1, 0.15) is 82.3 Å². The van der Waals surface area contributed by atoms with Crippen molar-refractivity contribution in [2.75, 3.05) is 0 Å². The number of ether oxygens (including phenoxy) is 1. The molecule has 0 bridgehead atoms. The summed E-state index contributed by atoms with van der Waals surface area (Å²) in [6.45, 7) is 2.26. The number of allylic oxidation sites excluding steroid dienone is 1. The normalized spacial score (nSPS) is 12.3. The molecule has 0 saturated heterocycles. The molecule has 2 aromatic carbocycles. The number of rotatable bonds is 16. The topological polar surface area (TPSA) is 69.9 Å². The molecule has 0 heterocycles. The van der Waals surface area contributed by atoms with Crippen LogP contribution in [0.2, 0.25) is 0 Å². The Labute approximate surface area is 193 Å². The van der Waals surface area contributed by atoms with Gasteiger partial charge in [0, 0.05) is 0 Å². The zero-order valence-electron chi connectivity index (χ0n) is 19.5. The van der Waals surface area contributed by atoms with Crippen molar-refractivity contribution in [2.45, 2.75) is 90.3 Å². The van der Waals surface area contributed by atoms with E-state index in [1.54, 1.807) is 18.2 Å². The fourth-order valence-electron chi connectivity index (χ4n) is 3.75. The van der Waals surface area contributed by atoms with Gasteiger partial charge in [0.05, 0.1) is 0 Å². The molecule has 0 saturated carbocycles. The van der Waals surface area contributed by atoms with Crippen molar-refractivity contribution < 1.29 is 20.1 Å². The second-order valence-electron chi connectivity index (χ2n) is 8.54. The van der Waals surface area contributed by atoms with Crippen LogP contribution in [0.5, 0.6) is 17.2 Å². The van der Waals surface area contributed by atoms with Crippen molar-refractivity contribution >= 4 is 0 Å². The van der Waals surface area contributed by atoms with Crippen LogP contribution in [0.25, 0.3) is 0 Å². The van der Waals surface area contributed by atoms with E-state index in [4.69, 9.17) is 4.74 Å². The van der Waals surface area contributed by atoms with E-state index in [-0.39, 0.29) is 11.5 Å². The minimum atomic E-state index is -1.03. The average Bonchev–Trinajstić information content (AvgIpc) is 2.78. The summed E-state index contributed by atoms with van der Waals surface area (Å²) in [5.41, 5.74) is 2.13. The van der Waals surface area contributed by atoms with E-state index in [2.05, 4.69) is 19.1 Å². The Balaban J connectivity index is 1.59. The second-order valence-corrected chi connectivity index (χ2v) is 8.54. The molecule has 0 spiro atoms. The van der Waals surface area contributed by atoms with Gasteiger partial charge in [0.2, 0.25) is 6.29 Å². The highest BCUT2D eigenvalue weighted by Gasteiger charge is 2.03. The number of unbranched alkanes of at least 4 members (excludes halogenated alkanes) is 9. The fourth-order valence-corrected chi connectivity index (χ4v) is 3.75. The molecule has 2 aromatic rings. The number of benzene rings is 2. The quantitative estimate of drug-likeness (QED) is 0.113. The standard InChI is InChI=1S/C28H40O4/c1-2-3-4-5-6-7-8-9-10-11-13-23-16-19-25(20-17-23)32-28(31)15-12-14-24-18-21-26(29)27(30)22-24/h12,15-22,28-31H,2-11,13-14H2,1H3. The number of hydrogen-bond donors (Lipinski definition) is 3. The van der Waals surface area contributed by atoms with Crippen molar-refractivity contribution in [3.05, 3.63) is 65.7 Å². The van der Waals surface area contributed by atoms with Gasteiger partial charge in [-0.3, -0.25) is 0 Å². The van der Waals surface area contributed by atoms with E-state index in [9.17, 15) is 15.3 Å². The van der Waals surface area contributed by atoms with E-state index < -0.39 is 6.29 Å². The Morgan fingerprint density at radius 3 is 1.97 bits per heavy atom. The summed E-state index contributed by atoms with van der Waals surface area (Å²) < 4.78 is 5.53. The molecular weight excluding hydrogens is 400 g/mol. The summed E-state index contributed by atoms with van der Waals surface area (Å²) in [5, 5.41) is 28.9. The van der Waals surface area contributed by atoms with Crippen LogP contribution in [0, 0.1) is 0 Å². The predicted molar refractivity (Wildman–Crippen MR) is 131 cm³/mol. The van der Waals surface area contributed by atoms with Gasteiger partial charge >= 0.3 is 0 Å². The fraction of sp³-hybridized carbons (Fsp3) is 0.500. The van der Waals surface area contributed by atoms with Gasteiger partial charge in [0.25, 0.3) is 0 Å². The molecule has 3 N–H and O–H groups in total. The third kappa shape index (κ3) is 10.7. The van der Waals surface area contributed by atoms with E-state index in [1.807, 2.05) is 12.1 Å². The lowest BCUT2D eigenvalue weighted by Gasteiger charge is -2.10. The molecule has 1 atom stereocenters. The molecule has 0 radical (unpaired) electrons. The molecule has 2 rings (SSSR count). The summed E-state index contributed by atoms with van der Waals surface area (Å²) in [6.07, 6.45) is 17.4. The Hall–Kier alpha value is -2.46. The Morgan fingerprint density at radius 2 is 1.34 bits per heavy atom. The van der Waals surface area contributed by atoms with Crippen LogP contribution in [0.3, 0.4) is 0 Å². The van der Waals surface area contributed by atoms with Crippen LogP contribution in [0.15, 0.2) is 54.6 Å². The van der Waals surface area contributed by atoms with Crippen molar-refractivity contribution in [1.29, 1.82) is 0 Å². The van der Waals surface area contributed by atoms with Crippen molar-refractivity contribution in [1.82, 2.24) is 0 Å². The molecular formula is C28H40O4. The molecule has 0 aliphatic heterocycles. The largest absolute Gasteiger partial charge is 0.504 e. The Bertz CT molecular complexity index is 783. The van der Waals surface area contributed by atoms with Gasteiger partial charge in [-0.25, -0.2) is 0 Å². The van der Waals surface area contributed by atoms with Gasteiger partial charge < -0.3 is 20.1 Å². The minimum Gasteiger partial charge on any atom is -0.504 e. The zero-order chi connectivity index (χ0) is 23.0. The van der Waals surface area contributed by atoms with E-state index in [0.29, 0.717) is 12.2 Å². The molecule has 4 nitrogen and oxygen atoms in total. The lowest BCUT2D eigenvalue weighted by atomic mass is 10.0. The number of aliphatic hydroxyl groups excluding tert-OH is 1.